The molecule has 4 aliphatic heterocycles. The number of esters is 1. The quantitative estimate of drug-likeness (QED) is 0.309. The molecule has 0 aromatic heterocycles. The predicted octanol–water partition coefficient (Wildman–Crippen LogP) is 5.70. The lowest BCUT2D eigenvalue weighted by Crippen LogP contribution is -2.59. The van der Waals surface area contributed by atoms with Crippen LogP contribution in [0.5, 0.6) is 0 Å². The molecule has 0 amide bonds. The summed E-state index contributed by atoms with van der Waals surface area (Å²) < 4.78 is 31.7. The highest BCUT2D eigenvalue weighted by atomic mass is 16.7. The molecule has 44 heavy (non-hydrogen) atoms. The molecule has 8 heteroatoms. The fraction of sp³-hybridized carbons (Fsp3) is 0.694. The Labute approximate surface area is 262 Å². The third-order valence-electron chi connectivity index (χ3n) is 10.3. The van der Waals surface area contributed by atoms with E-state index < -0.39 is 41.4 Å². The largest absolute Gasteiger partial charge is 0.494 e. The SMILES string of the molecule is CC/C=C(\C)[C@H]1O[C@@]2(C[C@H]3C[C@@H](C/C=C(\C)C[C@@H](C)/C=C/C=C4\OC[C@@H]5[C@@H](OC)C(C)=C[C@@H](C(=O)O3)[C@]45O)O2)C[C@@H](O)[C@@H]1C. The van der Waals surface area contributed by atoms with Gasteiger partial charge in [-0.1, -0.05) is 56.7 Å². The van der Waals surface area contributed by atoms with Crippen LogP contribution in [0.3, 0.4) is 0 Å². The molecule has 0 unspecified atom stereocenters. The number of hydrogen-bond acceptors (Lipinski definition) is 8. The van der Waals surface area contributed by atoms with Crippen molar-refractivity contribution in [2.75, 3.05) is 13.7 Å². The lowest BCUT2D eigenvalue weighted by molar-refractivity contribution is -0.342. The molecule has 0 aromatic carbocycles. The molecular weight excluding hydrogens is 560 g/mol. The zero-order chi connectivity index (χ0) is 31.8. The van der Waals surface area contributed by atoms with Crippen molar-refractivity contribution in [3.05, 3.63) is 58.9 Å². The van der Waals surface area contributed by atoms with Crippen LogP contribution in [-0.4, -0.2) is 71.8 Å². The van der Waals surface area contributed by atoms with Gasteiger partial charge in [-0.2, -0.15) is 0 Å². The molecular formula is C36H52O8. The molecule has 5 rings (SSSR count). The van der Waals surface area contributed by atoms with Crippen LogP contribution in [0.1, 0.15) is 80.1 Å². The third kappa shape index (κ3) is 6.38. The number of hydrogen-bond donors (Lipinski definition) is 2. The standard InChI is InChI=1S/C36H52O8/c1-8-10-23(4)32-25(6)30(37)19-35(44-32)18-27-17-26(43-35)14-13-22(3)15-21(2)11-9-12-31-36(39)28(34(38)42-27)16-24(5)33(40-7)29(36)20-41-31/h9-13,16,21,25-30,32-33,37,39H,8,14-15,17-20H2,1-7H3/b11-9+,22-13+,23-10+,31-12-/t21-,25-,26+,27+,28-,29+,30+,32+,33-,35-,36+/m0/s1. The summed E-state index contributed by atoms with van der Waals surface area (Å²) in [6, 6.07) is 0. The molecule has 8 nitrogen and oxygen atoms in total. The molecule has 0 radical (unpaired) electrons. The molecule has 2 bridgehead atoms. The van der Waals surface area contributed by atoms with Crippen molar-refractivity contribution in [3.63, 3.8) is 0 Å². The molecule has 0 aromatic rings. The maximum absolute atomic E-state index is 14.1. The zero-order valence-electron chi connectivity index (χ0n) is 27.5. The highest BCUT2D eigenvalue weighted by Crippen LogP contribution is 2.50. The summed E-state index contributed by atoms with van der Waals surface area (Å²) in [5.74, 6) is -2.53. The van der Waals surface area contributed by atoms with Gasteiger partial charge in [0.25, 0.3) is 0 Å². The first kappa shape index (κ1) is 33.1. The summed E-state index contributed by atoms with van der Waals surface area (Å²) in [6.45, 7) is 12.6. The minimum atomic E-state index is -1.61. The fourth-order valence-corrected chi connectivity index (χ4v) is 8.05. The first-order valence-electron chi connectivity index (χ1n) is 16.4. The van der Waals surface area contributed by atoms with Crippen LogP contribution >= 0.6 is 0 Å². The van der Waals surface area contributed by atoms with Gasteiger partial charge in [-0.25, -0.2) is 0 Å². The van der Waals surface area contributed by atoms with Gasteiger partial charge in [-0.3, -0.25) is 4.79 Å². The summed E-state index contributed by atoms with van der Waals surface area (Å²) >= 11 is 0. The predicted molar refractivity (Wildman–Crippen MR) is 167 cm³/mol. The normalized spacial score (nSPS) is 46.5. The van der Waals surface area contributed by atoms with Crippen molar-refractivity contribution in [1.29, 1.82) is 0 Å². The van der Waals surface area contributed by atoms with Gasteiger partial charge in [0, 0.05) is 32.3 Å². The second kappa shape index (κ2) is 13.2. The van der Waals surface area contributed by atoms with E-state index in [1.807, 2.05) is 26.8 Å². The van der Waals surface area contributed by atoms with Crippen molar-refractivity contribution < 1.29 is 38.7 Å². The highest BCUT2D eigenvalue weighted by molar-refractivity contribution is 5.78. The number of ether oxygens (including phenoxy) is 5. The van der Waals surface area contributed by atoms with Crippen LogP contribution in [0.2, 0.25) is 0 Å². The molecule has 244 valence electrons. The van der Waals surface area contributed by atoms with Crippen LogP contribution in [0.15, 0.2) is 58.9 Å². The molecule has 3 fully saturated rings. The summed E-state index contributed by atoms with van der Waals surface area (Å²) in [7, 11) is 1.62. The maximum Gasteiger partial charge on any atom is 0.316 e. The Morgan fingerprint density at radius 3 is 2.68 bits per heavy atom. The number of aliphatic hydroxyl groups excluding tert-OH is 1. The van der Waals surface area contributed by atoms with E-state index in [2.05, 4.69) is 39.0 Å². The molecule has 1 spiro atoms. The van der Waals surface area contributed by atoms with Crippen LogP contribution < -0.4 is 0 Å². The van der Waals surface area contributed by atoms with Gasteiger partial charge in [0.05, 0.1) is 36.9 Å². The van der Waals surface area contributed by atoms with E-state index in [4.69, 9.17) is 23.7 Å². The zero-order valence-corrected chi connectivity index (χ0v) is 27.5. The van der Waals surface area contributed by atoms with E-state index in [0.29, 0.717) is 31.4 Å². The monoisotopic (exact) mass is 612 g/mol. The second-order valence-corrected chi connectivity index (χ2v) is 13.8. The number of rotatable bonds is 3. The average Bonchev–Trinajstić information content (AvgIpc) is 3.29. The lowest BCUT2D eigenvalue weighted by Gasteiger charge is -2.51. The first-order valence-corrected chi connectivity index (χ1v) is 16.4. The van der Waals surface area contributed by atoms with Crippen molar-refractivity contribution in [1.82, 2.24) is 0 Å². The Morgan fingerprint density at radius 1 is 1.18 bits per heavy atom. The number of carbonyl (C=O) groups excluding carboxylic acids is 1. The third-order valence-corrected chi connectivity index (χ3v) is 10.3. The van der Waals surface area contributed by atoms with Crippen molar-refractivity contribution in [2.24, 2.45) is 23.7 Å². The number of aliphatic hydroxyl groups is 2. The molecule has 0 saturated carbocycles. The Bertz CT molecular complexity index is 1230. The van der Waals surface area contributed by atoms with E-state index in [0.717, 1.165) is 24.0 Å². The van der Waals surface area contributed by atoms with Crippen LogP contribution in [0, 0.1) is 23.7 Å². The van der Waals surface area contributed by atoms with E-state index in [9.17, 15) is 15.0 Å². The van der Waals surface area contributed by atoms with Crippen LogP contribution in [0.25, 0.3) is 0 Å². The van der Waals surface area contributed by atoms with Gasteiger partial charge in [-0.15, -0.1) is 0 Å². The molecule has 1 aliphatic carbocycles. The Hall–Kier alpha value is -2.23. The number of fused-ring (bicyclic) bond motifs is 2. The first-order chi connectivity index (χ1) is 20.9. The van der Waals surface area contributed by atoms with Crippen LogP contribution in [-0.2, 0) is 28.5 Å². The minimum Gasteiger partial charge on any atom is -0.494 e. The topological polar surface area (TPSA) is 104 Å². The smallest absolute Gasteiger partial charge is 0.316 e. The van der Waals surface area contributed by atoms with E-state index in [1.54, 1.807) is 19.3 Å². The molecule has 2 N–H and O–H groups in total. The van der Waals surface area contributed by atoms with E-state index in [1.165, 1.54) is 5.57 Å². The number of methoxy groups -OCH3 is 1. The van der Waals surface area contributed by atoms with E-state index in [-0.39, 0.29) is 36.8 Å². The molecule has 11 atom stereocenters. The van der Waals surface area contributed by atoms with Crippen molar-refractivity contribution in [2.45, 2.75) is 122 Å². The summed E-state index contributed by atoms with van der Waals surface area (Å²) in [5.41, 5.74) is 1.56. The summed E-state index contributed by atoms with van der Waals surface area (Å²) in [5, 5.41) is 23.6. The van der Waals surface area contributed by atoms with Gasteiger partial charge < -0.3 is 33.9 Å². The number of carbonyl (C=O) groups is 1. The second-order valence-electron chi connectivity index (χ2n) is 13.8. The minimum absolute atomic E-state index is 0.0986. The van der Waals surface area contributed by atoms with E-state index >= 15 is 0 Å². The molecule has 3 saturated heterocycles. The van der Waals surface area contributed by atoms with Gasteiger partial charge in [0.15, 0.2) is 5.79 Å². The summed E-state index contributed by atoms with van der Waals surface area (Å²) in [6.07, 6.45) is 13.3. The number of allylic oxidation sites excluding steroid dienone is 5. The summed E-state index contributed by atoms with van der Waals surface area (Å²) in [4.78, 5) is 14.1. The van der Waals surface area contributed by atoms with Gasteiger partial charge in [0.1, 0.15) is 23.4 Å². The Morgan fingerprint density at radius 2 is 1.95 bits per heavy atom. The van der Waals surface area contributed by atoms with Crippen molar-refractivity contribution in [3.8, 4) is 0 Å². The van der Waals surface area contributed by atoms with Gasteiger partial charge >= 0.3 is 5.97 Å². The lowest BCUT2D eigenvalue weighted by atomic mass is 9.68. The van der Waals surface area contributed by atoms with Gasteiger partial charge in [-0.05, 0) is 63.2 Å². The molecule has 4 heterocycles. The Balaban J connectivity index is 1.53. The maximum atomic E-state index is 14.1. The van der Waals surface area contributed by atoms with Crippen molar-refractivity contribution >= 4 is 5.97 Å². The highest BCUT2D eigenvalue weighted by Gasteiger charge is 2.61. The Kier molecular flexibility index (Phi) is 9.98. The fourth-order valence-electron chi connectivity index (χ4n) is 8.05. The van der Waals surface area contributed by atoms with Gasteiger partial charge in [0.2, 0.25) is 0 Å². The average molecular weight is 613 g/mol. The van der Waals surface area contributed by atoms with Crippen LogP contribution in [0.4, 0.5) is 0 Å². The molecule has 5 aliphatic rings.